The number of fused-ring (bicyclic) bond motifs is 2. The number of piperidine rings is 1. The molecular formula is C44H49F3N8O6. The Labute approximate surface area is 349 Å². The molecule has 17 heteroatoms. The molecule has 1 aliphatic carbocycles. The Bertz CT molecular complexity index is 2570. The first kappa shape index (κ1) is 41.6. The number of imidazole rings is 1. The number of phenols is 1. The van der Waals surface area contributed by atoms with E-state index in [0.717, 1.165) is 92.1 Å². The number of halogens is 3. The number of amides is 4. The predicted molar refractivity (Wildman–Crippen MR) is 221 cm³/mol. The first-order chi connectivity index (χ1) is 29.4. The van der Waals surface area contributed by atoms with Crippen molar-refractivity contribution < 1.29 is 37.5 Å². The largest absolute Gasteiger partial charge is 0.503 e. The molecule has 2 saturated heterocycles. The van der Waals surface area contributed by atoms with Gasteiger partial charge in [0.15, 0.2) is 17.4 Å². The third-order valence-electron chi connectivity index (χ3n) is 12.7. The lowest BCUT2D eigenvalue weighted by atomic mass is 9.86. The van der Waals surface area contributed by atoms with E-state index in [4.69, 9.17) is 5.10 Å². The van der Waals surface area contributed by atoms with E-state index in [1.165, 1.54) is 4.57 Å². The number of aromatic hydroxyl groups is 1. The van der Waals surface area contributed by atoms with Crippen LogP contribution in [-0.4, -0.2) is 85.3 Å². The molecule has 3 N–H and O–H groups in total. The lowest BCUT2D eigenvalue weighted by Gasteiger charge is -2.36. The molecule has 4 heterocycles. The van der Waals surface area contributed by atoms with Crippen molar-refractivity contribution in [2.24, 2.45) is 13.0 Å². The molecular weight excluding hydrogens is 794 g/mol. The minimum absolute atomic E-state index is 0.111. The molecule has 3 aliphatic rings. The Hall–Kier alpha value is -6.13. The van der Waals surface area contributed by atoms with Crippen molar-refractivity contribution in [1.82, 2.24) is 34.4 Å². The second kappa shape index (κ2) is 17.5. The van der Waals surface area contributed by atoms with E-state index in [1.807, 2.05) is 34.0 Å². The van der Waals surface area contributed by atoms with Gasteiger partial charge in [0.25, 0.3) is 5.91 Å². The van der Waals surface area contributed by atoms with Gasteiger partial charge in [0, 0.05) is 69.9 Å². The van der Waals surface area contributed by atoms with E-state index >= 15 is 0 Å². The van der Waals surface area contributed by atoms with Crippen molar-refractivity contribution in [2.75, 3.05) is 37.6 Å². The Morgan fingerprint density at radius 1 is 0.885 bits per heavy atom. The van der Waals surface area contributed by atoms with Crippen molar-refractivity contribution in [2.45, 2.75) is 82.7 Å². The molecule has 0 unspecified atom stereocenters. The second-order valence-corrected chi connectivity index (χ2v) is 16.5. The van der Waals surface area contributed by atoms with E-state index in [9.17, 15) is 42.3 Å². The van der Waals surface area contributed by atoms with Crippen LogP contribution in [0.3, 0.4) is 0 Å². The fourth-order valence-corrected chi connectivity index (χ4v) is 9.05. The standard InChI is InChI=1S/C44H49F3N8O6/c1-51-36-21-26(9-14-34(36)55(44(51)61)35-15-16-37(56)49-43(35)60)5-3-2-4-6-38(57)53-19-17-52(18-20-53)30-13-10-28-25-54(50-33(28)22-30)29-11-7-27(8-12-29)24-48-42(59)31-23-32(45)41(58)40(47)39(31)46/h9-10,13-14,21-23,25,27,29,35,58H,2-8,11-12,15-20,24H2,1H3,(H,48,59)(H,49,56,60)/t27?,29?,35-/m1/s1. The molecule has 2 aromatic heterocycles. The van der Waals surface area contributed by atoms with Crippen molar-refractivity contribution in [3.8, 4) is 5.75 Å². The van der Waals surface area contributed by atoms with E-state index in [2.05, 4.69) is 33.7 Å². The summed E-state index contributed by atoms with van der Waals surface area (Å²) in [6.45, 7) is 2.96. The number of nitrogens with zero attached hydrogens (tertiary/aromatic N) is 6. The number of anilines is 1. The number of hydrogen-bond donors (Lipinski definition) is 3. The monoisotopic (exact) mass is 842 g/mol. The fraction of sp³-hybridized carbons (Fsp3) is 0.455. The first-order valence-electron chi connectivity index (χ1n) is 21.1. The van der Waals surface area contributed by atoms with E-state index in [0.29, 0.717) is 37.5 Å². The number of unbranched alkanes of at least 4 members (excludes halogenated alkanes) is 2. The van der Waals surface area contributed by atoms with Gasteiger partial charge in [-0.15, -0.1) is 0 Å². The van der Waals surface area contributed by atoms with Gasteiger partial charge in [-0.3, -0.25) is 38.3 Å². The summed E-state index contributed by atoms with van der Waals surface area (Å²) in [5.74, 6) is -7.67. The van der Waals surface area contributed by atoms with Gasteiger partial charge in [-0.1, -0.05) is 12.5 Å². The van der Waals surface area contributed by atoms with Crippen LogP contribution in [0.25, 0.3) is 21.9 Å². The van der Waals surface area contributed by atoms with Gasteiger partial charge in [-0.25, -0.2) is 13.6 Å². The molecule has 0 spiro atoms. The maximum atomic E-state index is 14.1. The Kier molecular flexibility index (Phi) is 11.9. The zero-order valence-corrected chi connectivity index (χ0v) is 34.0. The lowest BCUT2D eigenvalue weighted by Crippen LogP contribution is -2.48. The molecule has 14 nitrogen and oxygen atoms in total. The molecule has 0 bridgehead atoms. The SMILES string of the molecule is Cn1c(=O)n([C@@H]2CCC(=O)NC2=O)c2ccc(CCCCCC(=O)N3CCN(c4ccc5cn(C6CCC(CNC(=O)c7cc(F)c(O)c(F)c7F)CC6)nc5c4)CC3)cc21. The van der Waals surface area contributed by atoms with E-state index in [1.54, 1.807) is 11.6 Å². The van der Waals surface area contributed by atoms with Gasteiger partial charge in [0.2, 0.25) is 23.5 Å². The van der Waals surface area contributed by atoms with E-state index < -0.39 is 46.6 Å². The zero-order chi connectivity index (χ0) is 42.9. The molecule has 3 aromatic carbocycles. The van der Waals surface area contributed by atoms with Crippen molar-refractivity contribution >= 4 is 51.3 Å². The van der Waals surface area contributed by atoms with E-state index in [-0.39, 0.29) is 42.4 Å². The summed E-state index contributed by atoms with van der Waals surface area (Å²) in [6.07, 6.45) is 9.60. The van der Waals surface area contributed by atoms with Gasteiger partial charge >= 0.3 is 5.69 Å². The van der Waals surface area contributed by atoms with Crippen LogP contribution in [0, 0.1) is 23.4 Å². The van der Waals surface area contributed by atoms with Crippen molar-refractivity contribution in [1.29, 1.82) is 0 Å². The quantitative estimate of drug-likeness (QED) is 0.0854. The minimum atomic E-state index is -1.79. The van der Waals surface area contributed by atoms with Crippen LogP contribution in [0.5, 0.6) is 5.75 Å². The normalized spacial score (nSPS) is 19.8. The molecule has 1 atom stereocenters. The molecule has 8 rings (SSSR count). The molecule has 1 saturated carbocycles. The number of carbonyl (C=O) groups excluding carboxylic acids is 4. The van der Waals surface area contributed by atoms with Gasteiger partial charge in [0.05, 0.1) is 28.2 Å². The van der Waals surface area contributed by atoms with Gasteiger partial charge < -0.3 is 20.2 Å². The summed E-state index contributed by atoms with van der Waals surface area (Å²) < 4.78 is 46.6. The summed E-state index contributed by atoms with van der Waals surface area (Å²) in [4.78, 5) is 67.0. The number of piperazine rings is 1. The number of carbonyl (C=O) groups is 4. The number of phenolic OH excluding ortho intramolecular Hbond substituents is 1. The minimum Gasteiger partial charge on any atom is -0.503 e. The number of rotatable bonds is 12. The topological polar surface area (TPSA) is 164 Å². The predicted octanol–water partition coefficient (Wildman–Crippen LogP) is 5.40. The number of nitrogens with one attached hydrogen (secondary N) is 2. The molecule has 0 radical (unpaired) electrons. The van der Waals surface area contributed by atoms with Crippen molar-refractivity contribution in [3.05, 3.63) is 87.7 Å². The molecule has 5 aromatic rings. The summed E-state index contributed by atoms with van der Waals surface area (Å²) >= 11 is 0. The highest BCUT2D eigenvalue weighted by atomic mass is 19.2. The van der Waals surface area contributed by atoms with Gasteiger partial charge in [-0.2, -0.15) is 9.49 Å². The maximum Gasteiger partial charge on any atom is 0.329 e. The second-order valence-electron chi connectivity index (χ2n) is 16.5. The molecule has 3 fully saturated rings. The summed E-state index contributed by atoms with van der Waals surface area (Å²) in [7, 11) is 1.69. The third kappa shape index (κ3) is 8.59. The number of hydrogen-bond acceptors (Lipinski definition) is 8. The highest BCUT2D eigenvalue weighted by molar-refractivity contribution is 6.00. The molecule has 4 amide bonds. The summed E-state index contributed by atoms with van der Waals surface area (Å²) in [6, 6.07) is 12.0. The van der Waals surface area contributed by atoms with Gasteiger partial charge in [0.1, 0.15) is 6.04 Å². The number of benzene rings is 3. The summed E-state index contributed by atoms with van der Waals surface area (Å²) in [5.41, 5.74) is 3.35. The molecule has 61 heavy (non-hydrogen) atoms. The Morgan fingerprint density at radius 3 is 2.41 bits per heavy atom. The van der Waals surface area contributed by atoms with Crippen LogP contribution >= 0.6 is 0 Å². The van der Waals surface area contributed by atoms with Crippen LogP contribution in [0.15, 0.2) is 53.5 Å². The lowest BCUT2D eigenvalue weighted by molar-refractivity contribution is -0.136. The Balaban J connectivity index is 0.760. The third-order valence-corrected chi connectivity index (χ3v) is 12.7. The van der Waals surface area contributed by atoms with Crippen LogP contribution in [-0.2, 0) is 27.9 Å². The first-order valence-corrected chi connectivity index (χ1v) is 21.1. The number of aryl methyl sites for hydroxylation is 2. The smallest absolute Gasteiger partial charge is 0.329 e. The van der Waals surface area contributed by atoms with Crippen LogP contribution < -0.4 is 21.2 Å². The summed E-state index contributed by atoms with van der Waals surface area (Å²) in [5, 5.41) is 20.1. The van der Waals surface area contributed by atoms with Crippen LogP contribution in [0.4, 0.5) is 18.9 Å². The number of imide groups is 1. The van der Waals surface area contributed by atoms with Crippen molar-refractivity contribution in [3.63, 3.8) is 0 Å². The number of aromatic nitrogens is 4. The average Bonchev–Trinajstić information content (AvgIpc) is 3.80. The van der Waals surface area contributed by atoms with Crippen LogP contribution in [0.2, 0.25) is 0 Å². The maximum absolute atomic E-state index is 14.1. The molecule has 322 valence electrons. The zero-order valence-electron chi connectivity index (χ0n) is 34.0. The highest BCUT2D eigenvalue weighted by Gasteiger charge is 2.32. The van der Waals surface area contributed by atoms with Gasteiger partial charge in [-0.05, 0) is 99.2 Å². The van der Waals surface area contributed by atoms with Crippen LogP contribution in [0.1, 0.15) is 92.2 Å². The Morgan fingerprint density at radius 2 is 1.66 bits per heavy atom. The highest BCUT2D eigenvalue weighted by Crippen LogP contribution is 2.34. The fourth-order valence-electron chi connectivity index (χ4n) is 9.05. The molecule has 2 aliphatic heterocycles. The average molecular weight is 843 g/mol.